The quantitative estimate of drug-likeness (QED) is 0.478. The van der Waals surface area contributed by atoms with E-state index >= 15 is 0 Å². The largest absolute Gasteiger partial charge is 0.495 e. The minimum Gasteiger partial charge on any atom is -0.495 e. The third-order valence-electron chi connectivity index (χ3n) is 4.98. The average Bonchev–Trinajstić information content (AvgIpc) is 2.74. The SMILES string of the molecule is COc1ccccc1NC(=O)c1c(C)cc(C)nc1SCC(=O)Nc1c(C)cccc1C. The Hall–Kier alpha value is -3.32. The van der Waals surface area contributed by atoms with Crippen molar-refractivity contribution in [3.8, 4) is 5.75 Å². The third-order valence-corrected chi connectivity index (χ3v) is 5.95. The summed E-state index contributed by atoms with van der Waals surface area (Å²) < 4.78 is 5.33. The second-order valence-electron chi connectivity index (χ2n) is 7.52. The highest BCUT2D eigenvalue weighted by molar-refractivity contribution is 8.00. The van der Waals surface area contributed by atoms with Crippen LogP contribution in [-0.2, 0) is 4.79 Å². The van der Waals surface area contributed by atoms with E-state index in [1.165, 1.54) is 11.8 Å². The molecule has 1 aromatic heterocycles. The molecule has 166 valence electrons. The first-order chi connectivity index (χ1) is 15.3. The second kappa shape index (κ2) is 10.3. The van der Waals surface area contributed by atoms with Crippen molar-refractivity contribution in [3.63, 3.8) is 0 Å². The summed E-state index contributed by atoms with van der Waals surface area (Å²) in [6.07, 6.45) is 0. The second-order valence-corrected chi connectivity index (χ2v) is 8.48. The van der Waals surface area contributed by atoms with Crippen molar-refractivity contribution in [3.05, 3.63) is 76.5 Å². The van der Waals surface area contributed by atoms with Crippen LogP contribution < -0.4 is 15.4 Å². The Morgan fingerprint density at radius 1 is 0.938 bits per heavy atom. The van der Waals surface area contributed by atoms with Crippen LogP contribution in [0.4, 0.5) is 11.4 Å². The number of benzene rings is 2. The van der Waals surface area contributed by atoms with Gasteiger partial charge in [0.1, 0.15) is 10.8 Å². The maximum absolute atomic E-state index is 13.1. The molecular weight excluding hydrogens is 422 g/mol. The first-order valence-electron chi connectivity index (χ1n) is 10.2. The standard InChI is InChI=1S/C25H27N3O3S/c1-15-9-8-10-16(2)23(15)28-21(29)14-32-25-22(17(3)13-18(4)26-25)24(30)27-19-11-6-7-12-20(19)31-5/h6-13H,14H2,1-5H3,(H,27,30)(H,28,29). The molecule has 0 radical (unpaired) electrons. The van der Waals surface area contributed by atoms with E-state index in [4.69, 9.17) is 4.74 Å². The molecule has 7 heteroatoms. The van der Waals surface area contributed by atoms with E-state index in [0.717, 1.165) is 28.1 Å². The Bertz CT molecular complexity index is 1140. The van der Waals surface area contributed by atoms with Crippen molar-refractivity contribution in [1.29, 1.82) is 0 Å². The molecule has 2 amide bonds. The lowest BCUT2D eigenvalue weighted by Crippen LogP contribution is -2.18. The number of anilines is 2. The van der Waals surface area contributed by atoms with Crippen molar-refractivity contribution >= 4 is 35.0 Å². The molecule has 0 spiro atoms. The minimum atomic E-state index is -0.294. The van der Waals surface area contributed by atoms with Gasteiger partial charge in [0, 0.05) is 11.4 Å². The lowest BCUT2D eigenvalue weighted by Gasteiger charge is -2.15. The average molecular weight is 450 g/mol. The van der Waals surface area contributed by atoms with Gasteiger partial charge in [0.15, 0.2) is 0 Å². The lowest BCUT2D eigenvalue weighted by molar-refractivity contribution is -0.113. The number of pyridine rings is 1. The van der Waals surface area contributed by atoms with Gasteiger partial charge in [-0.05, 0) is 62.6 Å². The highest BCUT2D eigenvalue weighted by atomic mass is 32.2. The zero-order valence-corrected chi connectivity index (χ0v) is 19.7. The number of para-hydroxylation sites is 3. The molecule has 0 atom stereocenters. The molecule has 2 aromatic carbocycles. The first kappa shape index (κ1) is 23.3. The third kappa shape index (κ3) is 5.48. The maximum atomic E-state index is 13.1. The van der Waals surface area contributed by atoms with Gasteiger partial charge in [-0.2, -0.15) is 0 Å². The number of carbonyl (C=O) groups is 2. The summed E-state index contributed by atoms with van der Waals surface area (Å²) in [5.41, 5.74) is 5.43. The van der Waals surface area contributed by atoms with Crippen molar-refractivity contribution < 1.29 is 14.3 Å². The summed E-state index contributed by atoms with van der Waals surface area (Å²) in [5, 5.41) is 6.40. The molecule has 0 fully saturated rings. The number of methoxy groups -OCH3 is 1. The van der Waals surface area contributed by atoms with Crippen LogP contribution >= 0.6 is 11.8 Å². The van der Waals surface area contributed by atoms with Gasteiger partial charge in [0.05, 0.1) is 24.1 Å². The summed E-state index contributed by atoms with van der Waals surface area (Å²) in [6.45, 7) is 7.66. The topological polar surface area (TPSA) is 80.3 Å². The number of hydrogen-bond donors (Lipinski definition) is 2. The van der Waals surface area contributed by atoms with Gasteiger partial charge >= 0.3 is 0 Å². The molecule has 0 saturated carbocycles. The molecule has 6 nitrogen and oxygen atoms in total. The van der Waals surface area contributed by atoms with Gasteiger partial charge in [0.2, 0.25) is 5.91 Å². The van der Waals surface area contributed by atoms with Crippen LogP contribution in [0.15, 0.2) is 53.6 Å². The summed E-state index contributed by atoms with van der Waals surface area (Å²) >= 11 is 1.25. The first-order valence-corrected chi connectivity index (χ1v) is 11.2. The molecular formula is C25H27N3O3S. The van der Waals surface area contributed by atoms with Gasteiger partial charge in [-0.1, -0.05) is 42.1 Å². The molecule has 32 heavy (non-hydrogen) atoms. The number of nitrogens with zero attached hydrogens (tertiary/aromatic N) is 1. The summed E-state index contributed by atoms with van der Waals surface area (Å²) in [5.74, 6) is 0.265. The van der Waals surface area contributed by atoms with E-state index < -0.39 is 0 Å². The predicted octanol–water partition coefficient (Wildman–Crippen LogP) is 5.31. The van der Waals surface area contributed by atoms with Gasteiger partial charge in [0.25, 0.3) is 5.91 Å². The number of thioether (sulfide) groups is 1. The van der Waals surface area contributed by atoms with Crippen LogP contribution in [0.2, 0.25) is 0 Å². The van der Waals surface area contributed by atoms with E-state index in [1.54, 1.807) is 19.2 Å². The number of hydrogen-bond acceptors (Lipinski definition) is 5. The fourth-order valence-corrected chi connectivity index (χ4v) is 4.38. The summed E-state index contributed by atoms with van der Waals surface area (Å²) in [6, 6.07) is 15.0. The molecule has 0 aliphatic rings. The number of aromatic nitrogens is 1. The van der Waals surface area contributed by atoms with Gasteiger partial charge in [-0.25, -0.2) is 4.98 Å². The Morgan fingerprint density at radius 3 is 2.31 bits per heavy atom. The fraction of sp³-hybridized carbons (Fsp3) is 0.240. The van der Waals surface area contributed by atoms with Crippen LogP contribution in [0.3, 0.4) is 0 Å². The lowest BCUT2D eigenvalue weighted by atomic mass is 10.1. The number of nitrogens with one attached hydrogen (secondary N) is 2. The highest BCUT2D eigenvalue weighted by Crippen LogP contribution is 2.28. The van der Waals surface area contributed by atoms with Crippen LogP contribution in [0.25, 0.3) is 0 Å². The predicted molar refractivity (Wildman–Crippen MR) is 130 cm³/mol. The van der Waals surface area contributed by atoms with E-state index in [2.05, 4.69) is 15.6 Å². The summed E-state index contributed by atoms with van der Waals surface area (Å²) in [4.78, 5) is 30.3. The highest BCUT2D eigenvalue weighted by Gasteiger charge is 2.20. The van der Waals surface area contributed by atoms with Gasteiger partial charge in [-0.3, -0.25) is 9.59 Å². The van der Waals surface area contributed by atoms with Crippen molar-refractivity contribution in [1.82, 2.24) is 4.98 Å². The molecule has 1 heterocycles. The number of rotatable bonds is 7. The van der Waals surface area contributed by atoms with Gasteiger partial charge < -0.3 is 15.4 Å². The molecule has 0 aliphatic heterocycles. The fourth-order valence-electron chi connectivity index (χ4n) is 3.44. The molecule has 0 bridgehead atoms. The number of aryl methyl sites for hydroxylation is 4. The van der Waals surface area contributed by atoms with Crippen molar-refractivity contribution in [2.45, 2.75) is 32.7 Å². The van der Waals surface area contributed by atoms with Crippen molar-refractivity contribution in [2.24, 2.45) is 0 Å². The van der Waals surface area contributed by atoms with E-state index in [1.807, 2.05) is 64.1 Å². The normalized spacial score (nSPS) is 10.5. The maximum Gasteiger partial charge on any atom is 0.258 e. The number of amides is 2. The molecule has 2 N–H and O–H groups in total. The Labute approximate surface area is 192 Å². The Balaban J connectivity index is 1.80. The monoisotopic (exact) mass is 449 g/mol. The van der Waals surface area contributed by atoms with E-state index in [9.17, 15) is 9.59 Å². The molecule has 0 unspecified atom stereocenters. The van der Waals surface area contributed by atoms with E-state index in [0.29, 0.717) is 22.0 Å². The van der Waals surface area contributed by atoms with Gasteiger partial charge in [-0.15, -0.1) is 0 Å². The summed E-state index contributed by atoms with van der Waals surface area (Å²) in [7, 11) is 1.56. The zero-order chi connectivity index (χ0) is 23.3. The van der Waals surface area contributed by atoms with Crippen molar-refractivity contribution in [2.75, 3.05) is 23.5 Å². The molecule has 0 aliphatic carbocycles. The van der Waals surface area contributed by atoms with Crippen LogP contribution in [0.5, 0.6) is 5.75 Å². The molecule has 3 rings (SSSR count). The zero-order valence-electron chi connectivity index (χ0n) is 18.9. The van der Waals surface area contributed by atoms with E-state index in [-0.39, 0.29) is 17.6 Å². The number of carbonyl (C=O) groups excluding carboxylic acids is 2. The Morgan fingerprint density at radius 2 is 1.62 bits per heavy atom. The molecule has 0 saturated heterocycles. The van der Waals surface area contributed by atoms with Crippen LogP contribution in [0.1, 0.15) is 32.7 Å². The van der Waals surface area contributed by atoms with Crippen LogP contribution in [0, 0.1) is 27.7 Å². The Kier molecular flexibility index (Phi) is 7.53. The minimum absolute atomic E-state index is 0.138. The van der Waals surface area contributed by atoms with Crippen LogP contribution in [-0.4, -0.2) is 29.7 Å². The molecule has 3 aromatic rings. The smallest absolute Gasteiger partial charge is 0.258 e. The number of ether oxygens (including phenoxy) is 1.